The molecule has 0 saturated carbocycles. The summed E-state index contributed by atoms with van der Waals surface area (Å²) in [6.45, 7) is 11.6. The van der Waals surface area contributed by atoms with Gasteiger partial charge in [0.1, 0.15) is 0 Å². The Labute approximate surface area is 93.9 Å². The van der Waals surface area contributed by atoms with Crippen molar-refractivity contribution in [2.45, 2.75) is 13.8 Å². The average molecular weight is 209 g/mol. The maximum Gasteiger partial charge on any atom is 0.0594 e. The molecule has 0 unspecified atom stereocenters. The molecule has 0 spiro atoms. The molecule has 1 aliphatic heterocycles. The lowest BCUT2D eigenvalue weighted by Gasteiger charge is -2.21. The van der Waals surface area contributed by atoms with Gasteiger partial charge in [-0.15, -0.1) is 0 Å². The molecule has 1 heterocycles. The molecule has 0 amide bonds. The number of rotatable bonds is 2. The highest BCUT2D eigenvalue weighted by Gasteiger charge is 2.02. The Hall–Kier alpha value is -0.860. The second-order valence-corrected chi connectivity index (χ2v) is 3.54. The highest BCUT2D eigenvalue weighted by molar-refractivity contribution is 5.18. The van der Waals surface area contributed by atoms with Crippen LogP contribution in [0.1, 0.15) is 13.8 Å². The number of nitrogens with zero attached hydrogens (tertiary/aromatic N) is 1. The maximum atomic E-state index is 5.10. The first kappa shape index (κ1) is 14.1. The van der Waals surface area contributed by atoms with Gasteiger partial charge in [-0.1, -0.05) is 36.5 Å². The molecule has 0 bridgehead atoms. The maximum absolute atomic E-state index is 5.10. The van der Waals surface area contributed by atoms with Crippen LogP contribution in [-0.4, -0.2) is 38.3 Å². The molecule has 15 heavy (non-hydrogen) atoms. The second kappa shape index (κ2) is 9.69. The topological polar surface area (TPSA) is 12.5 Å². The summed E-state index contributed by atoms with van der Waals surface area (Å²) in [6.07, 6.45) is 7.77. The van der Waals surface area contributed by atoms with Gasteiger partial charge in [-0.05, 0) is 20.9 Å². The fraction of sp³-hybridized carbons (Fsp3) is 0.538. The highest BCUT2D eigenvalue weighted by atomic mass is 16.5. The van der Waals surface area contributed by atoms with Crippen LogP contribution in [0.4, 0.5) is 0 Å². The van der Waals surface area contributed by atoms with Crippen LogP contribution in [0, 0.1) is 0 Å². The van der Waals surface area contributed by atoms with Crippen molar-refractivity contribution in [2.24, 2.45) is 0 Å². The van der Waals surface area contributed by atoms with E-state index in [0.29, 0.717) is 0 Å². The van der Waals surface area contributed by atoms with Gasteiger partial charge in [0.25, 0.3) is 0 Å². The van der Waals surface area contributed by atoms with Crippen LogP contribution in [-0.2, 0) is 4.74 Å². The minimum absolute atomic E-state index is 0.913. The van der Waals surface area contributed by atoms with E-state index < -0.39 is 0 Å². The summed E-state index contributed by atoms with van der Waals surface area (Å²) >= 11 is 0. The van der Waals surface area contributed by atoms with Crippen molar-refractivity contribution in [2.75, 3.05) is 33.4 Å². The summed E-state index contributed by atoms with van der Waals surface area (Å²) in [6, 6.07) is 0. The van der Waals surface area contributed by atoms with Crippen LogP contribution in [0.5, 0.6) is 0 Å². The quantitative estimate of drug-likeness (QED) is 0.648. The Bertz CT molecular complexity index is 213. The highest BCUT2D eigenvalue weighted by Crippen LogP contribution is 1.92. The molecule has 0 aromatic rings. The molecule has 1 saturated heterocycles. The molecule has 0 radical (unpaired) electrons. The molecule has 1 rings (SSSR count). The van der Waals surface area contributed by atoms with Crippen molar-refractivity contribution in [1.82, 2.24) is 4.90 Å². The Balaban J connectivity index is 0.000000262. The zero-order valence-corrected chi connectivity index (χ0v) is 10.2. The molecule has 1 fully saturated rings. The fourth-order valence-electron chi connectivity index (χ4n) is 0.971. The van der Waals surface area contributed by atoms with E-state index >= 15 is 0 Å². The van der Waals surface area contributed by atoms with Crippen molar-refractivity contribution >= 4 is 0 Å². The fourth-order valence-corrected chi connectivity index (χ4v) is 0.971. The van der Waals surface area contributed by atoms with E-state index in [1.165, 1.54) is 5.57 Å². The minimum Gasteiger partial charge on any atom is -0.379 e. The monoisotopic (exact) mass is 209 g/mol. The number of hydrogen-bond donors (Lipinski definition) is 0. The standard InChI is InChI=1S/C8H12.C5H11NO/c1-4-6-7-8(3)5-2;1-6-2-4-7-5-3-6/h4-7H,1H2,2-3H3;2-5H2,1H3/b7-6-,8-5-;. The molecule has 0 atom stereocenters. The van der Waals surface area contributed by atoms with Crippen LogP contribution in [0.2, 0.25) is 0 Å². The van der Waals surface area contributed by atoms with Crippen molar-refractivity contribution in [3.63, 3.8) is 0 Å². The minimum atomic E-state index is 0.913. The van der Waals surface area contributed by atoms with Crippen LogP contribution in [0.25, 0.3) is 0 Å². The number of likely N-dealkylation sites (N-methyl/N-ethyl adjacent to an activating group) is 1. The van der Waals surface area contributed by atoms with Gasteiger partial charge < -0.3 is 9.64 Å². The Morgan fingerprint density at radius 1 is 1.33 bits per heavy atom. The van der Waals surface area contributed by atoms with Gasteiger partial charge in [-0.2, -0.15) is 0 Å². The zero-order chi connectivity index (χ0) is 11.5. The number of allylic oxidation sites excluding steroid dienone is 5. The summed E-state index contributed by atoms with van der Waals surface area (Å²) in [5.74, 6) is 0. The van der Waals surface area contributed by atoms with Crippen molar-refractivity contribution < 1.29 is 4.74 Å². The molecule has 0 aromatic heterocycles. The summed E-state index contributed by atoms with van der Waals surface area (Å²) in [5, 5.41) is 0. The first-order valence-electron chi connectivity index (χ1n) is 5.39. The van der Waals surface area contributed by atoms with Crippen LogP contribution in [0.15, 0.2) is 36.5 Å². The molecule has 0 aliphatic carbocycles. The van der Waals surface area contributed by atoms with Crippen molar-refractivity contribution in [3.05, 3.63) is 36.5 Å². The van der Waals surface area contributed by atoms with Crippen LogP contribution in [0.3, 0.4) is 0 Å². The lowest BCUT2D eigenvalue weighted by molar-refractivity contribution is 0.0503. The first-order chi connectivity index (χ1) is 7.20. The van der Waals surface area contributed by atoms with Crippen molar-refractivity contribution in [3.8, 4) is 0 Å². The Kier molecular flexibility index (Phi) is 9.13. The van der Waals surface area contributed by atoms with E-state index in [1.807, 2.05) is 19.1 Å². The summed E-state index contributed by atoms with van der Waals surface area (Å²) < 4.78 is 5.10. The third-order valence-corrected chi connectivity index (χ3v) is 2.19. The predicted molar refractivity (Wildman–Crippen MR) is 67.1 cm³/mol. The van der Waals surface area contributed by atoms with Crippen LogP contribution >= 0.6 is 0 Å². The largest absolute Gasteiger partial charge is 0.379 e. The van der Waals surface area contributed by atoms with E-state index in [4.69, 9.17) is 4.74 Å². The molecular formula is C13H23NO. The van der Waals surface area contributed by atoms with E-state index in [2.05, 4.69) is 31.5 Å². The van der Waals surface area contributed by atoms with Gasteiger partial charge in [0.05, 0.1) is 13.2 Å². The normalized spacial score (nSPS) is 18.5. The summed E-state index contributed by atoms with van der Waals surface area (Å²) in [4.78, 5) is 2.27. The number of ether oxygens (including phenoxy) is 1. The average Bonchev–Trinajstić information content (AvgIpc) is 2.28. The van der Waals surface area contributed by atoms with Gasteiger partial charge in [-0.25, -0.2) is 0 Å². The summed E-state index contributed by atoms with van der Waals surface area (Å²) in [5.41, 5.74) is 1.27. The van der Waals surface area contributed by atoms with E-state index in [0.717, 1.165) is 26.3 Å². The lowest BCUT2D eigenvalue weighted by Crippen LogP contribution is -2.32. The lowest BCUT2D eigenvalue weighted by atomic mass is 10.3. The van der Waals surface area contributed by atoms with Crippen molar-refractivity contribution in [1.29, 1.82) is 0 Å². The first-order valence-corrected chi connectivity index (χ1v) is 5.39. The number of hydrogen-bond acceptors (Lipinski definition) is 2. The molecule has 2 nitrogen and oxygen atoms in total. The number of morpholine rings is 1. The molecule has 0 N–H and O–H groups in total. The Morgan fingerprint density at radius 2 is 1.93 bits per heavy atom. The second-order valence-electron chi connectivity index (χ2n) is 3.54. The van der Waals surface area contributed by atoms with E-state index in [1.54, 1.807) is 6.08 Å². The molecule has 2 heteroatoms. The Morgan fingerprint density at radius 3 is 2.27 bits per heavy atom. The van der Waals surface area contributed by atoms with Gasteiger partial charge in [-0.3, -0.25) is 0 Å². The van der Waals surface area contributed by atoms with Gasteiger partial charge in [0.2, 0.25) is 0 Å². The van der Waals surface area contributed by atoms with Crippen LogP contribution < -0.4 is 0 Å². The third-order valence-electron chi connectivity index (χ3n) is 2.19. The predicted octanol–water partition coefficient (Wildman–Crippen LogP) is 2.64. The van der Waals surface area contributed by atoms with Gasteiger partial charge >= 0.3 is 0 Å². The van der Waals surface area contributed by atoms with Gasteiger partial charge in [0.15, 0.2) is 0 Å². The molecule has 86 valence electrons. The molecule has 0 aromatic carbocycles. The van der Waals surface area contributed by atoms with E-state index in [9.17, 15) is 0 Å². The smallest absolute Gasteiger partial charge is 0.0594 e. The molecular weight excluding hydrogens is 186 g/mol. The third kappa shape index (κ3) is 9.44. The van der Waals surface area contributed by atoms with E-state index in [-0.39, 0.29) is 0 Å². The zero-order valence-electron chi connectivity index (χ0n) is 10.2. The van der Waals surface area contributed by atoms with Gasteiger partial charge in [0, 0.05) is 13.1 Å². The summed E-state index contributed by atoms with van der Waals surface area (Å²) in [7, 11) is 2.11. The SMILES string of the molecule is C=C/C=C\C(C)=C/C.CN1CCOCC1. The molecule has 1 aliphatic rings.